The number of hydrogen-bond acceptors (Lipinski definition) is 9. The summed E-state index contributed by atoms with van der Waals surface area (Å²) in [6, 6.07) is 3.33. The minimum atomic E-state index is -1.06. The zero-order chi connectivity index (χ0) is 23.1. The van der Waals surface area contributed by atoms with E-state index in [-0.39, 0.29) is 11.8 Å². The van der Waals surface area contributed by atoms with E-state index in [0.717, 1.165) is 24.0 Å². The fourth-order valence-electron chi connectivity index (χ4n) is 4.32. The number of aliphatic hydroxyl groups excluding tert-OH is 3. The molecule has 2 aliphatic carbocycles. The first-order chi connectivity index (χ1) is 16.0. The van der Waals surface area contributed by atoms with Gasteiger partial charge < -0.3 is 30.4 Å². The number of halogens is 1. The van der Waals surface area contributed by atoms with Crippen LogP contribution in [-0.2, 0) is 6.42 Å². The van der Waals surface area contributed by atoms with Gasteiger partial charge in [-0.05, 0) is 43.7 Å². The number of nitrogens with one attached hydrogen (secondary N) is 2. The van der Waals surface area contributed by atoms with Gasteiger partial charge in [-0.1, -0.05) is 18.5 Å². The van der Waals surface area contributed by atoms with Crippen LogP contribution in [0.4, 0.5) is 11.8 Å². The minimum absolute atomic E-state index is 0.209. The van der Waals surface area contributed by atoms with Gasteiger partial charge in [-0.2, -0.15) is 4.98 Å². The molecule has 2 saturated carbocycles. The van der Waals surface area contributed by atoms with E-state index in [1.165, 1.54) is 12.8 Å². The molecule has 0 bridgehead atoms. The highest BCUT2D eigenvalue weighted by Crippen LogP contribution is 2.39. The maximum Gasteiger partial charge on any atom is 0.226 e. The third kappa shape index (κ3) is 4.50. The third-order valence-electron chi connectivity index (χ3n) is 6.54. The predicted molar refractivity (Wildman–Crippen MR) is 125 cm³/mol. The Hall–Kier alpha value is -2.46. The van der Waals surface area contributed by atoms with Crippen LogP contribution in [0.15, 0.2) is 22.7 Å². The molecule has 0 spiro atoms. The third-order valence-corrected chi connectivity index (χ3v) is 6.81. The van der Waals surface area contributed by atoms with Crippen LogP contribution in [0.5, 0.6) is 0 Å². The molecular formula is C23H28ClN5O4. The van der Waals surface area contributed by atoms with E-state index in [0.29, 0.717) is 41.0 Å². The smallest absolute Gasteiger partial charge is 0.226 e. The zero-order valence-corrected chi connectivity index (χ0v) is 19.1. The van der Waals surface area contributed by atoms with Gasteiger partial charge in [0.05, 0.1) is 23.9 Å². The maximum absolute atomic E-state index is 10.5. The lowest BCUT2D eigenvalue weighted by Gasteiger charge is -2.21. The number of rotatable bonds is 8. The molecule has 5 N–H and O–H groups in total. The second kappa shape index (κ2) is 9.06. The van der Waals surface area contributed by atoms with E-state index in [1.54, 1.807) is 6.20 Å². The predicted octanol–water partition coefficient (Wildman–Crippen LogP) is 2.84. The van der Waals surface area contributed by atoms with Crippen molar-refractivity contribution in [2.75, 3.05) is 23.8 Å². The summed E-state index contributed by atoms with van der Waals surface area (Å²) in [6.07, 6.45) is 3.17. The van der Waals surface area contributed by atoms with Gasteiger partial charge in [-0.15, -0.1) is 0 Å². The first-order valence-electron chi connectivity index (χ1n) is 11.4. The van der Waals surface area contributed by atoms with Crippen LogP contribution in [0.25, 0.3) is 22.3 Å². The van der Waals surface area contributed by atoms with Gasteiger partial charge in [-0.25, -0.2) is 4.98 Å². The van der Waals surface area contributed by atoms with Crippen molar-refractivity contribution in [3.63, 3.8) is 0 Å². The molecule has 3 aromatic rings. The number of anilines is 2. The SMILES string of the molecule is CCc1cc2cc(-c3c(Cl)nc(NCC4CC4)nc3N[C@@H]3C[C@H](CO)[C@@H](O)[C@H]3O)oc2cn1. The summed E-state index contributed by atoms with van der Waals surface area (Å²) in [4.78, 5) is 13.5. The van der Waals surface area contributed by atoms with E-state index in [1.807, 2.05) is 19.1 Å². The summed E-state index contributed by atoms with van der Waals surface area (Å²) in [5.74, 6) is 1.46. The molecule has 0 radical (unpaired) electrons. The van der Waals surface area contributed by atoms with E-state index >= 15 is 0 Å². The number of fused-ring (bicyclic) bond motifs is 1. The highest BCUT2D eigenvalue weighted by molar-refractivity contribution is 6.32. The molecule has 176 valence electrons. The Morgan fingerprint density at radius 1 is 1.18 bits per heavy atom. The lowest BCUT2D eigenvalue weighted by Crippen LogP contribution is -2.35. The molecule has 0 aromatic carbocycles. The first kappa shape index (κ1) is 22.3. The van der Waals surface area contributed by atoms with Crippen LogP contribution < -0.4 is 10.6 Å². The number of aromatic nitrogens is 3. The molecule has 10 heteroatoms. The first-order valence-corrected chi connectivity index (χ1v) is 11.8. The minimum Gasteiger partial charge on any atom is -0.454 e. The number of pyridine rings is 1. The molecule has 0 saturated heterocycles. The monoisotopic (exact) mass is 473 g/mol. The Morgan fingerprint density at radius 3 is 2.70 bits per heavy atom. The van der Waals surface area contributed by atoms with Gasteiger partial charge in [0.2, 0.25) is 5.95 Å². The number of nitrogens with zero attached hydrogens (tertiary/aromatic N) is 3. The van der Waals surface area contributed by atoms with Gasteiger partial charge in [0.1, 0.15) is 22.8 Å². The topological polar surface area (TPSA) is 137 Å². The van der Waals surface area contributed by atoms with E-state index in [9.17, 15) is 15.3 Å². The summed E-state index contributed by atoms with van der Waals surface area (Å²) in [7, 11) is 0. The standard InChI is InChI=1S/C23H28ClN5O4/c1-2-14-5-12-7-16(33-17(12)9-25-14)18-21(24)28-23(26-8-11-3-4-11)29-22(18)27-15-6-13(10-30)19(31)20(15)32/h5,7,9,11,13,15,19-20,30-32H,2-4,6,8,10H2,1H3,(H2,26,27,28,29)/t13-,15-,19-,20+/m1/s1. The lowest BCUT2D eigenvalue weighted by molar-refractivity contribution is 0.00446. The Morgan fingerprint density at radius 2 is 2.00 bits per heavy atom. The van der Waals surface area contributed by atoms with Gasteiger partial charge in [0, 0.05) is 30.1 Å². The molecule has 3 heterocycles. The number of aryl methyl sites for hydroxylation is 1. The molecule has 0 unspecified atom stereocenters. The molecule has 2 aliphatic rings. The van der Waals surface area contributed by atoms with Gasteiger partial charge in [0.15, 0.2) is 5.58 Å². The van der Waals surface area contributed by atoms with Crippen molar-refractivity contribution in [1.82, 2.24) is 15.0 Å². The van der Waals surface area contributed by atoms with Crippen molar-refractivity contribution >= 4 is 34.3 Å². The summed E-state index contributed by atoms with van der Waals surface area (Å²) in [6.45, 7) is 2.59. The Balaban J connectivity index is 1.53. The van der Waals surface area contributed by atoms with Crippen LogP contribution >= 0.6 is 11.6 Å². The van der Waals surface area contributed by atoms with Crippen LogP contribution in [-0.4, -0.2) is 61.7 Å². The van der Waals surface area contributed by atoms with Gasteiger partial charge >= 0.3 is 0 Å². The van der Waals surface area contributed by atoms with Crippen molar-refractivity contribution in [3.05, 3.63) is 29.2 Å². The molecule has 2 fully saturated rings. The lowest BCUT2D eigenvalue weighted by atomic mass is 10.1. The van der Waals surface area contributed by atoms with Crippen LogP contribution in [0.2, 0.25) is 5.15 Å². The Kier molecular flexibility index (Phi) is 6.13. The molecular weight excluding hydrogens is 446 g/mol. The number of furan rings is 1. The molecule has 9 nitrogen and oxygen atoms in total. The van der Waals surface area contributed by atoms with Crippen LogP contribution in [0, 0.1) is 11.8 Å². The molecule has 4 atom stereocenters. The van der Waals surface area contributed by atoms with E-state index < -0.39 is 24.2 Å². The van der Waals surface area contributed by atoms with Crippen molar-refractivity contribution in [2.45, 2.75) is 50.9 Å². The molecule has 0 aliphatic heterocycles. The highest BCUT2D eigenvalue weighted by Gasteiger charge is 2.41. The van der Waals surface area contributed by atoms with Crippen LogP contribution in [0.1, 0.15) is 31.9 Å². The maximum atomic E-state index is 10.5. The Bertz CT molecular complexity index is 1150. The fraction of sp³-hybridized carbons (Fsp3) is 0.522. The van der Waals surface area contributed by atoms with Gasteiger partial charge in [0.25, 0.3) is 0 Å². The summed E-state index contributed by atoms with van der Waals surface area (Å²) in [5, 5.41) is 37.9. The molecule has 33 heavy (non-hydrogen) atoms. The average Bonchev–Trinajstić information content (AvgIpc) is 3.49. The molecule has 5 rings (SSSR count). The fourth-order valence-corrected chi connectivity index (χ4v) is 4.59. The molecule has 3 aromatic heterocycles. The van der Waals surface area contributed by atoms with Gasteiger partial charge in [-0.3, -0.25) is 4.98 Å². The van der Waals surface area contributed by atoms with E-state index in [2.05, 4.69) is 25.6 Å². The number of hydrogen-bond donors (Lipinski definition) is 5. The van der Waals surface area contributed by atoms with Crippen molar-refractivity contribution in [2.24, 2.45) is 11.8 Å². The average molecular weight is 474 g/mol. The zero-order valence-electron chi connectivity index (χ0n) is 18.3. The summed E-state index contributed by atoms with van der Waals surface area (Å²) in [5.41, 5.74) is 2.04. The molecule has 0 amide bonds. The largest absolute Gasteiger partial charge is 0.454 e. The second-order valence-electron chi connectivity index (χ2n) is 8.97. The van der Waals surface area contributed by atoms with E-state index in [4.69, 9.17) is 16.0 Å². The quantitative estimate of drug-likeness (QED) is 0.313. The Labute approximate surface area is 196 Å². The second-order valence-corrected chi connectivity index (χ2v) is 9.33. The van der Waals surface area contributed by atoms with Crippen molar-refractivity contribution in [3.8, 4) is 11.3 Å². The summed E-state index contributed by atoms with van der Waals surface area (Å²) >= 11 is 6.63. The van der Waals surface area contributed by atoms with Crippen molar-refractivity contribution in [1.29, 1.82) is 0 Å². The number of aliphatic hydroxyl groups is 3. The van der Waals surface area contributed by atoms with Crippen molar-refractivity contribution < 1.29 is 19.7 Å². The summed E-state index contributed by atoms with van der Waals surface area (Å²) < 4.78 is 6.04. The van der Waals surface area contributed by atoms with Crippen LogP contribution in [0.3, 0.4) is 0 Å². The highest BCUT2D eigenvalue weighted by atomic mass is 35.5. The normalized spacial score (nSPS) is 25.0.